The number of halogens is 3. The molecule has 1 aliphatic heterocycles. The molecule has 1 amide bonds. The van der Waals surface area contributed by atoms with Crippen LogP contribution in [0, 0.1) is 13.8 Å². The number of rotatable bonds is 3. The van der Waals surface area contributed by atoms with E-state index in [2.05, 4.69) is 5.32 Å². The van der Waals surface area contributed by atoms with Crippen molar-refractivity contribution in [3.63, 3.8) is 0 Å². The molecule has 0 spiro atoms. The molecule has 2 rings (SSSR count). The summed E-state index contributed by atoms with van der Waals surface area (Å²) in [6, 6.07) is 5.72. The molecule has 1 aromatic carbocycles. The lowest BCUT2D eigenvalue weighted by atomic mass is 10.0. The van der Waals surface area contributed by atoms with Crippen LogP contribution in [0.3, 0.4) is 0 Å². The summed E-state index contributed by atoms with van der Waals surface area (Å²) in [7, 11) is 0. The average molecular weight is 286 g/mol. The third-order valence-electron chi connectivity index (χ3n) is 3.43. The summed E-state index contributed by atoms with van der Waals surface area (Å²) >= 11 is 0. The number of nitrogens with one attached hydrogen (secondary N) is 1. The minimum Gasteiger partial charge on any atom is -0.321 e. The van der Waals surface area contributed by atoms with Crippen LogP contribution in [-0.4, -0.2) is 30.1 Å². The van der Waals surface area contributed by atoms with Crippen molar-refractivity contribution < 1.29 is 18.0 Å². The van der Waals surface area contributed by atoms with Gasteiger partial charge in [0.05, 0.1) is 13.0 Å². The van der Waals surface area contributed by atoms with Crippen LogP contribution in [0.5, 0.6) is 0 Å². The van der Waals surface area contributed by atoms with Gasteiger partial charge in [0.1, 0.15) is 6.17 Å². The molecule has 0 radical (unpaired) electrons. The molecule has 0 saturated carbocycles. The standard InChI is InChI=1S/C14H17F3N2O/c1-9-3-4-11(10(2)7-9)13-18-8-12(20)19(13)6-5-14(15,16)17/h3-4,7,13,18H,5-6,8H2,1-2H3. The maximum atomic E-state index is 12.3. The quantitative estimate of drug-likeness (QED) is 0.926. The number of carbonyl (C=O) groups excluding carboxylic acids is 1. The lowest BCUT2D eigenvalue weighted by Gasteiger charge is -2.26. The van der Waals surface area contributed by atoms with Crippen molar-refractivity contribution in [1.82, 2.24) is 10.2 Å². The fourth-order valence-corrected chi connectivity index (χ4v) is 2.45. The normalized spacial score (nSPS) is 19.8. The van der Waals surface area contributed by atoms with E-state index in [1.165, 1.54) is 4.90 Å². The molecule has 1 fully saturated rings. The molecule has 1 N–H and O–H groups in total. The molecule has 1 saturated heterocycles. The molecule has 1 heterocycles. The van der Waals surface area contributed by atoms with Crippen molar-refractivity contribution in [3.8, 4) is 0 Å². The Balaban J connectivity index is 2.19. The molecule has 110 valence electrons. The summed E-state index contributed by atoms with van der Waals surface area (Å²) in [5.41, 5.74) is 2.90. The van der Waals surface area contributed by atoms with E-state index in [9.17, 15) is 18.0 Å². The molecule has 0 bridgehead atoms. The number of hydrogen-bond donors (Lipinski definition) is 1. The number of nitrogens with zero attached hydrogens (tertiary/aromatic N) is 1. The largest absolute Gasteiger partial charge is 0.390 e. The van der Waals surface area contributed by atoms with Crippen LogP contribution >= 0.6 is 0 Å². The summed E-state index contributed by atoms with van der Waals surface area (Å²) in [5.74, 6) is -0.292. The van der Waals surface area contributed by atoms with Crippen LogP contribution in [-0.2, 0) is 4.79 Å². The van der Waals surface area contributed by atoms with Gasteiger partial charge >= 0.3 is 6.18 Å². The number of amides is 1. The van der Waals surface area contributed by atoms with Crippen molar-refractivity contribution in [2.75, 3.05) is 13.1 Å². The summed E-state index contributed by atoms with van der Waals surface area (Å²) in [6.07, 6.45) is -5.71. The molecule has 0 aromatic heterocycles. The molecule has 1 aliphatic rings. The Morgan fingerprint density at radius 2 is 2.05 bits per heavy atom. The summed E-state index contributed by atoms with van der Waals surface area (Å²) in [5, 5.41) is 2.98. The highest BCUT2D eigenvalue weighted by Gasteiger charge is 2.36. The first-order valence-electron chi connectivity index (χ1n) is 6.45. The maximum Gasteiger partial charge on any atom is 0.390 e. The third kappa shape index (κ3) is 3.30. The minimum absolute atomic E-state index is 0.0792. The fraction of sp³-hybridized carbons (Fsp3) is 0.500. The predicted molar refractivity (Wildman–Crippen MR) is 69.0 cm³/mol. The Kier molecular flexibility index (Phi) is 4.04. The van der Waals surface area contributed by atoms with Gasteiger partial charge in [-0.25, -0.2) is 0 Å². The highest BCUT2D eigenvalue weighted by molar-refractivity contribution is 5.81. The molecular formula is C14H17F3N2O. The maximum absolute atomic E-state index is 12.3. The zero-order valence-electron chi connectivity index (χ0n) is 11.4. The number of carbonyl (C=O) groups is 1. The Bertz CT molecular complexity index is 514. The van der Waals surface area contributed by atoms with E-state index < -0.39 is 18.8 Å². The van der Waals surface area contributed by atoms with E-state index >= 15 is 0 Å². The van der Waals surface area contributed by atoms with Crippen molar-refractivity contribution in [2.45, 2.75) is 32.6 Å². The third-order valence-corrected chi connectivity index (χ3v) is 3.43. The zero-order chi connectivity index (χ0) is 14.9. The van der Waals surface area contributed by atoms with Crippen LogP contribution in [0.15, 0.2) is 18.2 Å². The zero-order valence-corrected chi connectivity index (χ0v) is 11.4. The number of alkyl halides is 3. The van der Waals surface area contributed by atoms with E-state index in [0.717, 1.165) is 16.7 Å². The van der Waals surface area contributed by atoms with Gasteiger partial charge in [0, 0.05) is 6.54 Å². The van der Waals surface area contributed by atoms with Crippen molar-refractivity contribution in [1.29, 1.82) is 0 Å². The SMILES string of the molecule is Cc1ccc(C2NCC(=O)N2CCC(F)(F)F)c(C)c1. The second kappa shape index (κ2) is 5.44. The molecule has 20 heavy (non-hydrogen) atoms. The Labute approximate surface area is 115 Å². The monoisotopic (exact) mass is 286 g/mol. The van der Waals surface area contributed by atoms with E-state index in [1.54, 1.807) is 0 Å². The first-order valence-corrected chi connectivity index (χ1v) is 6.45. The first-order chi connectivity index (χ1) is 9.28. The van der Waals surface area contributed by atoms with Gasteiger partial charge in [0.15, 0.2) is 0 Å². The van der Waals surface area contributed by atoms with E-state index in [1.807, 2.05) is 32.0 Å². The average Bonchev–Trinajstić information content (AvgIpc) is 2.67. The Hall–Kier alpha value is -1.56. The number of hydrogen-bond acceptors (Lipinski definition) is 2. The van der Waals surface area contributed by atoms with E-state index in [0.29, 0.717) is 0 Å². The highest BCUT2D eigenvalue weighted by Crippen LogP contribution is 2.28. The van der Waals surface area contributed by atoms with Gasteiger partial charge in [-0.15, -0.1) is 0 Å². The van der Waals surface area contributed by atoms with Gasteiger partial charge < -0.3 is 4.90 Å². The first kappa shape index (κ1) is 14.8. The lowest BCUT2D eigenvalue weighted by Crippen LogP contribution is -2.33. The van der Waals surface area contributed by atoms with Crippen LogP contribution < -0.4 is 5.32 Å². The molecule has 3 nitrogen and oxygen atoms in total. The molecule has 6 heteroatoms. The van der Waals surface area contributed by atoms with Crippen LogP contribution in [0.2, 0.25) is 0 Å². The number of benzene rings is 1. The minimum atomic E-state index is -4.25. The van der Waals surface area contributed by atoms with Crippen molar-refractivity contribution in [3.05, 3.63) is 34.9 Å². The van der Waals surface area contributed by atoms with Crippen LogP contribution in [0.25, 0.3) is 0 Å². The van der Waals surface area contributed by atoms with E-state index in [-0.39, 0.29) is 19.0 Å². The molecule has 1 unspecified atom stereocenters. The highest BCUT2D eigenvalue weighted by atomic mass is 19.4. The summed E-state index contributed by atoms with van der Waals surface area (Å²) in [4.78, 5) is 13.0. The van der Waals surface area contributed by atoms with Crippen molar-refractivity contribution in [2.24, 2.45) is 0 Å². The Morgan fingerprint density at radius 1 is 1.35 bits per heavy atom. The van der Waals surface area contributed by atoms with Gasteiger partial charge in [-0.3, -0.25) is 10.1 Å². The smallest absolute Gasteiger partial charge is 0.321 e. The topological polar surface area (TPSA) is 32.3 Å². The van der Waals surface area contributed by atoms with E-state index in [4.69, 9.17) is 0 Å². The van der Waals surface area contributed by atoms with Gasteiger partial charge in [-0.2, -0.15) is 13.2 Å². The predicted octanol–water partition coefficient (Wildman–Crippen LogP) is 2.69. The fourth-order valence-electron chi connectivity index (χ4n) is 2.45. The second-order valence-corrected chi connectivity index (χ2v) is 5.10. The Morgan fingerprint density at radius 3 is 2.65 bits per heavy atom. The van der Waals surface area contributed by atoms with Crippen LogP contribution in [0.1, 0.15) is 29.3 Å². The lowest BCUT2D eigenvalue weighted by molar-refractivity contribution is -0.144. The van der Waals surface area contributed by atoms with Gasteiger partial charge in [-0.05, 0) is 25.0 Å². The molecule has 1 atom stereocenters. The number of aryl methyl sites for hydroxylation is 2. The summed E-state index contributed by atoms with van der Waals surface area (Å²) in [6.45, 7) is 3.61. The molecular weight excluding hydrogens is 269 g/mol. The molecule has 0 aliphatic carbocycles. The van der Waals surface area contributed by atoms with Crippen LogP contribution in [0.4, 0.5) is 13.2 Å². The second-order valence-electron chi connectivity index (χ2n) is 5.10. The summed E-state index contributed by atoms with van der Waals surface area (Å²) < 4.78 is 37.0. The van der Waals surface area contributed by atoms with Gasteiger partial charge in [-0.1, -0.05) is 23.8 Å². The van der Waals surface area contributed by atoms with Gasteiger partial charge in [0.25, 0.3) is 0 Å². The van der Waals surface area contributed by atoms with Crippen molar-refractivity contribution >= 4 is 5.91 Å². The van der Waals surface area contributed by atoms with Gasteiger partial charge in [0.2, 0.25) is 5.91 Å². The molecule has 1 aromatic rings.